The highest BCUT2D eigenvalue weighted by Crippen LogP contribution is 2.41. The molecule has 0 saturated carbocycles. The van der Waals surface area contributed by atoms with E-state index in [9.17, 15) is 24.0 Å². The molecule has 206 valence electrons. The van der Waals surface area contributed by atoms with Gasteiger partial charge in [0.05, 0.1) is 18.2 Å². The van der Waals surface area contributed by atoms with E-state index in [0.717, 1.165) is 12.0 Å². The molecule has 5 atom stereocenters. The number of nitriles is 1. The van der Waals surface area contributed by atoms with Gasteiger partial charge in [-0.2, -0.15) is 5.26 Å². The molecule has 38 heavy (non-hydrogen) atoms. The topological polar surface area (TPSA) is 106 Å². The highest BCUT2D eigenvalue weighted by Gasteiger charge is 2.53. The summed E-state index contributed by atoms with van der Waals surface area (Å²) in [4.78, 5) is 45.2. The first-order valence-electron chi connectivity index (χ1n) is 13.4. The Labute approximate surface area is 223 Å². The van der Waals surface area contributed by atoms with Crippen molar-refractivity contribution in [2.24, 2.45) is 5.92 Å². The summed E-state index contributed by atoms with van der Waals surface area (Å²) in [5.41, 5.74) is 0.153. The van der Waals surface area contributed by atoms with E-state index in [4.69, 9.17) is 4.74 Å². The maximum Gasteiger partial charge on any atom is 0.408 e. The van der Waals surface area contributed by atoms with E-state index < -0.39 is 29.8 Å². The molecule has 1 aromatic carbocycles. The second-order valence-corrected chi connectivity index (χ2v) is 11.9. The van der Waals surface area contributed by atoms with Crippen LogP contribution in [0.15, 0.2) is 24.3 Å². The van der Waals surface area contributed by atoms with Gasteiger partial charge < -0.3 is 19.9 Å². The molecule has 1 aromatic rings. The molecule has 3 amide bonds. The van der Waals surface area contributed by atoms with Gasteiger partial charge in [0.25, 0.3) is 0 Å². The SMILES string of the molecule is CC(C)[C@@H](c1ccc(F)cc1)N1C(=O)[C@@H]2C[C@H]1CN2C[C@H](NC(=O)OC(C)(C)C)C(=O)N1CCC[C@H]1C#N. The molecule has 4 rings (SSSR count). The van der Waals surface area contributed by atoms with E-state index in [2.05, 4.69) is 11.4 Å². The first-order chi connectivity index (χ1) is 17.9. The summed E-state index contributed by atoms with van der Waals surface area (Å²) in [5.74, 6) is -0.554. The number of carbonyl (C=O) groups is 3. The molecule has 3 fully saturated rings. The Bertz CT molecular complexity index is 1100. The predicted molar refractivity (Wildman–Crippen MR) is 138 cm³/mol. The van der Waals surface area contributed by atoms with Crippen LogP contribution < -0.4 is 5.32 Å². The van der Waals surface area contributed by atoms with Crippen molar-refractivity contribution in [2.45, 2.75) is 89.7 Å². The Balaban J connectivity index is 1.51. The molecular formula is C28H38FN5O4. The fraction of sp³-hybridized carbons (Fsp3) is 0.643. The molecule has 9 nitrogen and oxygen atoms in total. The van der Waals surface area contributed by atoms with Gasteiger partial charge in [-0.1, -0.05) is 26.0 Å². The van der Waals surface area contributed by atoms with Crippen LogP contribution in [0.25, 0.3) is 0 Å². The molecule has 0 radical (unpaired) electrons. The van der Waals surface area contributed by atoms with Gasteiger partial charge in [-0.05, 0) is 63.6 Å². The fourth-order valence-electron chi connectivity index (χ4n) is 6.02. The number of likely N-dealkylation sites (tertiary alicyclic amines) is 3. The summed E-state index contributed by atoms with van der Waals surface area (Å²) in [6.07, 6.45) is 1.24. The number of alkyl carbamates (subject to hydrolysis) is 1. The van der Waals surface area contributed by atoms with Crippen molar-refractivity contribution in [1.29, 1.82) is 5.26 Å². The zero-order valence-corrected chi connectivity index (χ0v) is 22.8. The number of benzene rings is 1. The highest BCUT2D eigenvalue weighted by molar-refractivity contribution is 5.88. The van der Waals surface area contributed by atoms with E-state index in [1.165, 1.54) is 17.0 Å². The molecule has 0 spiro atoms. The molecule has 3 heterocycles. The largest absolute Gasteiger partial charge is 0.444 e. The first kappa shape index (κ1) is 27.8. The van der Waals surface area contributed by atoms with Crippen molar-refractivity contribution in [3.05, 3.63) is 35.6 Å². The maximum atomic E-state index is 13.6. The summed E-state index contributed by atoms with van der Waals surface area (Å²) in [6.45, 7) is 10.5. The zero-order chi connectivity index (χ0) is 27.8. The lowest BCUT2D eigenvalue weighted by Gasteiger charge is -2.41. The van der Waals surface area contributed by atoms with Crippen molar-refractivity contribution in [3.8, 4) is 6.07 Å². The standard InChI is InChI=1S/C28H38FN5O4/c1-17(2)24(18-8-10-19(29)11-9-18)34-21-13-23(26(34)36)32(15-21)16-22(31-27(37)38-28(3,4)5)25(35)33-12-6-7-20(33)14-30/h8-11,17,20-24H,6-7,12-13,15-16H2,1-5H3,(H,31,37)/t20-,21-,22-,23-,24-/m0/s1. The smallest absolute Gasteiger partial charge is 0.408 e. The van der Waals surface area contributed by atoms with Gasteiger partial charge >= 0.3 is 6.09 Å². The van der Waals surface area contributed by atoms with Crippen molar-refractivity contribution >= 4 is 17.9 Å². The molecule has 10 heteroatoms. The zero-order valence-electron chi connectivity index (χ0n) is 22.8. The van der Waals surface area contributed by atoms with Gasteiger partial charge in [-0.15, -0.1) is 0 Å². The average molecular weight is 528 g/mol. The van der Waals surface area contributed by atoms with E-state index >= 15 is 0 Å². The summed E-state index contributed by atoms with van der Waals surface area (Å²) < 4.78 is 19.0. The lowest BCUT2D eigenvalue weighted by molar-refractivity contribution is -0.142. The lowest BCUT2D eigenvalue weighted by atomic mass is 9.93. The van der Waals surface area contributed by atoms with Crippen LogP contribution in [0, 0.1) is 23.1 Å². The minimum atomic E-state index is -0.947. The average Bonchev–Trinajstić information content (AvgIpc) is 3.54. The van der Waals surface area contributed by atoms with Crippen molar-refractivity contribution in [2.75, 3.05) is 19.6 Å². The molecule has 3 saturated heterocycles. The number of nitrogens with one attached hydrogen (secondary N) is 1. The molecule has 3 aliphatic rings. The molecule has 2 bridgehead atoms. The van der Waals surface area contributed by atoms with Gasteiger partial charge in [-0.25, -0.2) is 9.18 Å². The third-order valence-corrected chi connectivity index (χ3v) is 7.55. The molecular weight excluding hydrogens is 489 g/mol. The number of piperazine rings is 1. The minimum Gasteiger partial charge on any atom is -0.444 e. The molecule has 0 unspecified atom stereocenters. The molecule has 3 aliphatic heterocycles. The molecule has 1 N–H and O–H groups in total. The quantitative estimate of drug-likeness (QED) is 0.584. The van der Waals surface area contributed by atoms with Crippen molar-refractivity contribution in [1.82, 2.24) is 20.0 Å². The Morgan fingerprint density at radius 1 is 1.24 bits per heavy atom. The van der Waals surface area contributed by atoms with Gasteiger partial charge in [0.15, 0.2) is 0 Å². The van der Waals surface area contributed by atoms with E-state index in [0.29, 0.717) is 25.9 Å². The molecule has 0 aliphatic carbocycles. The van der Waals surface area contributed by atoms with Gasteiger partial charge in [0, 0.05) is 25.7 Å². The number of hydrogen-bond donors (Lipinski definition) is 1. The van der Waals surface area contributed by atoms with Crippen LogP contribution in [-0.4, -0.2) is 82.0 Å². The number of carbonyl (C=O) groups excluding carboxylic acids is 3. The number of halogens is 1. The normalized spacial score (nSPS) is 25.0. The number of amides is 3. The predicted octanol–water partition coefficient (Wildman–Crippen LogP) is 3.22. The number of rotatable bonds is 7. The number of fused-ring (bicyclic) bond motifs is 2. The van der Waals surface area contributed by atoms with Crippen molar-refractivity contribution < 1.29 is 23.5 Å². The van der Waals surface area contributed by atoms with Gasteiger partial charge in [-0.3, -0.25) is 14.5 Å². The van der Waals surface area contributed by atoms with Gasteiger partial charge in [0.2, 0.25) is 11.8 Å². The van der Waals surface area contributed by atoms with Crippen LogP contribution in [-0.2, 0) is 14.3 Å². The number of ether oxygens (including phenoxy) is 1. The van der Waals surface area contributed by atoms with Crippen LogP contribution in [0.2, 0.25) is 0 Å². The Morgan fingerprint density at radius 3 is 2.50 bits per heavy atom. The number of hydrogen-bond acceptors (Lipinski definition) is 6. The van der Waals surface area contributed by atoms with Crippen LogP contribution in [0.3, 0.4) is 0 Å². The second kappa shape index (κ2) is 10.9. The summed E-state index contributed by atoms with van der Waals surface area (Å²) >= 11 is 0. The van der Waals surface area contributed by atoms with E-state index in [1.54, 1.807) is 32.9 Å². The van der Waals surface area contributed by atoms with Gasteiger partial charge in [0.1, 0.15) is 23.5 Å². The van der Waals surface area contributed by atoms with Crippen LogP contribution in [0.4, 0.5) is 9.18 Å². The Kier molecular flexibility index (Phi) is 7.98. The minimum absolute atomic E-state index is 0.0242. The monoisotopic (exact) mass is 527 g/mol. The maximum absolute atomic E-state index is 13.6. The summed E-state index contributed by atoms with van der Waals surface area (Å²) in [7, 11) is 0. The van der Waals surface area contributed by atoms with E-state index in [-0.39, 0.29) is 42.2 Å². The van der Waals surface area contributed by atoms with Crippen LogP contribution in [0.5, 0.6) is 0 Å². The van der Waals surface area contributed by atoms with E-state index in [1.807, 2.05) is 23.6 Å². The van der Waals surface area contributed by atoms with Crippen molar-refractivity contribution in [3.63, 3.8) is 0 Å². The second-order valence-electron chi connectivity index (χ2n) is 11.9. The summed E-state index contributed by atoms with van der Waals surface area (Å²) in [5, 5.41) is 12.2. The Morgan fingerprint density at radius 2 is 1.92 bits per heavy atom. The van der Waals surface area contributed by atoms with Crippen LogP contribution in [0.1, 0.15) is 65.5 Å². The third-order valence-electron chi connectivity index (χ3n) is 7.55. The highest BCUT2D eigenvalue weighted by atomic mass is 19.1. The van der Waals surface area contributed by atoms with Crippen LogP contribution >= 0.6 is 0 Å². The lowest BCUT2D eigenvalue weighted by Crippen LogP contribution is -2.59. The third kappa shape index (κ3) is 5.78. The Hall–Kier alpha value is -3.19. The molecule has 0 aromatic heterocycles. The number of nitrogens with zero attached hydrogens (tertiary/aromatic N) is 4. The first-order valence-corrected chi connectivity index (χ1v) is 13.4. The summed E-state index contributed by atoms with van der Waals surface area (Å²) in [6, 6.07) is 6.36. The fourth-order valence-corrected chi connectivity index (χ4v) is 6.02.